The number of ether oxygens (including phenoxy) is 2. The van der Waals surface area contributed by atoms with Gasteiger partial charge >= 0.3 is 5.97 Å². The van der Waals surface area contributed by atoms with Gasteiger partial charge in [-0.05, 0) is 52.2 Å². The van der Waals surface area contributed by atoms with E-state index in [4.69, 9.17) is 15.2 Å². The minimum Gasteiger partial charge on any atom is -0.496 e. The maximum absolute atomic E-state index is 11.7. The Morgan fingerprint density at radius 2 is 2.05 bits per heavy atom. The molecule has 0 unspecified atom stereocenters. The summed E-state index contributed by atoms with van der Waals surface area (Å²) in [7, 11) is 2.96. The van der Waals surface area contributed by atoms with Crippen LogP contribution in [0.5, 0.6) is 5.75 Å². The smallest absolute Gasteiger partial charge is 0.350 e. The van der Waals surface area contributed by atoms with Crippen molar-refractivity contribution in [2.24, 2.45) is 0 Å². The van der Waals surface area contributed by atoms with Gasteiger partial charge in [-0.15, -0.1) is 11.3 Å². The summed E-state index contributed by atoms with van der Waals surface area (Å²) in [5, 5.41) is 0. The number of methoxy groups -OCH3 is 2. The molecule has 0 bridgehead atoms. The summed E-state index contributed by atoms with van der Waals surface area (Å²) >= 11 is 4.79. The summed E-state index contributed by atoms with van der Waals surface area (Å²) in [6.07, 6.45) is 0. The summed E-state index contributed by atoms with van der Waals surface area (Å²) in [5.74, 6) is 0.346. The summed E-state index contributed by atoms with van der Waals surface area (Å²) in [4.78, 5) is 13.1. The van der Waals surface area contributed by atoms with Gasteiger partial charge in [0.15, 0.2) is 0 Å². The molecule has 2 aromatic rings. The van der Waals surface area contributed by atoms with Crippen molar-refractivity contribution in [3.8, 4) is 16.2 Å². The SMILES string of the molecule is COC(=O)c1sc(-c2ccc(OC)c(Br)c2)c(C)c1N. The van der Waals surface area contributed by atoms with E-state index in [0.29, 0.717) is 10.6 Å². The van der Waals surface area contributed by atoms with Crippen molar-refractivity contribution in [2.45, 2.75) is 6.92 Å². The second kappa shape index (κ2) is 5.85. The third kappa shape index (κ3) is 2.53. The molecule has 0 fully saturated rings. The fourth-order valence-corrected chi connectivity index (χ4v) is 3.54. The van der Waals surface area contributed by atoms with Crippen LogP contribution in [0.1, 0.15) is 15.2 Å². The monoisotopic (exact) mass is 355 g/mol. The molecule has 0 aliphatic heterocycles. The molecule has 20 heavy (non-hydrogen) atoms. The number of rotatable bonds is 3. The molecule has 1 aromatic heterocycles. The van der Waals surface area contributed by atoms with Crippen LogP contribution in [0.4, 0.5) is 5.69 Å². The van der Waals surface area contributed by atoms with Crippen molar-refractivity contribution in [3.05, 3.63) is 33.1 Å². The van der Waals surface area contributed by atoms with Gasteiger partial charge in [-0.2, -0.15) is 0 Å². The number of carbonyl (C=O) groups is 1. The molecule has 0 saturated heterocycles. The van der Waals surface area contributed by atoms with Crippen LogP contribution in [-0.2, 0) is 4.74 Å². The molecule has 0 radical (unpaired) electrons. The zero-order chi connectivity index (χ0) is 14.9. The van der Waals surface area contributed by atoms with E-state index < -0.39 is 5.97 Å². The van der Waals surface area contributed by atoms with Gasteiger partial charge in [0.05, 0.1) is 24.4 Å². The molecule has 0 spiro atoms. The highest BCUT2D eigenvalue weighted by molar-refractivity contribution is 9.10. The maximum Gasteiger partial charge on any atom is 0.350 e. The van der Waals surface area contributed by atoms with Gasteiger partial charge in [-0.1, -0.05) is 0 Å². The first kappa shape index (κ1) is 14.9. The summed E-state index contributed by atoms with van der Waals surface area (Å²) in [6, 6.07) is 5.74. The molecule has 0 saturated carbocycles. The van der Waals surface area contributed by atoms with Crippen LogP contribution < -0.4 is 10.5 Å². The predicted octanol–water partition coefficient (Wildman–Crippen LogP) is 3.86. The van der Waals surface area contributed by atoms with E-state index in [2.05, 4.69) is 15.9 Å². The van der Waals surface area contributed by atoms with Crippen molar-refractivity contribution in [2.75, 3.05) is 20.0 Å². The predicted molar refractivity (Wildman–Crippen MR) is 84.5 cm³/mol. The first-order valence-corrected chi connectivity index (χ1v) is 7.41. The maximum atomic E-state index is 11.7. The van der Waals surface area contributed by atoms with Crippen LogP contribution in [0.15, 0.2) is 22.7 Å². The lowest BCUT2D eigenvalue weighted by Gasteiger charge is -2.06. The molecular formula is C14H14BrNO3S. The summed E-state index contributed by atoms with van der Waals surface area (Å²) in [5.41, 5.74) is 8.32. The van der Waals surface area contributed by atoms with E-state index in [0.717, 1.165) is 26.2 Å². The Morgan fingerprint density at radius 1 is 1.35 bits per heavy atom. The topological polar surface area (TPSA) is 61.5 Å². The largest absolute Gasteiger partial charge is 0.496 e. The number of nitrogens with two attached hydrogens (primary N) is 1. The Bertz CT molecular complexity index is 667. The molecule has 0 atom stereocenters. The Hall–Kier alpha value is -1.53. The second-order valence-electron chi connectivity index (χ2n) is 4.14. The second-order valence-corrected chi connectivity index (χ2v) is 6.01. The molecule has 0 aliphatic rings. The number of carbonyl (C=O) groups excluding carboxylic acids is 1. The third-order valence-electron chi connectivity index (χ3n) is 2.98. The lowest BCUT2D eigenvalue weighted by atomic mass is 10.1. The number of esters is 1. The zero-order valence-electron chi connectivity index (χ0n) is 11.3. The average molecular weight is 356 g/mol. The molecule has 1 heterocycles. The fourth-order valence-electron chi connectivity index (χ4n) is 1.85. The Balaban J connectivity index is 2.53. The third-order valence-corrected chi connectivity index (χ3v) is 4.93. The molecule has 106 valence electrons. The van der Waals surface area contributed by atoms with Gasteiger partial charge in [0.25, 0.3) is 0 Å². The van der Waals surface area contributed by atoms with Crippen LogP contribution in [0.2, 0.25) is 0 Å². The lowest BCUT2D eigenvalue weighted by Crippen LogP contribution is -2.01. The highest BCUT2D eigenvalue weighted by atomic mass is 79.9. The number of halogens is 1. The van der Waals surface area contributed by atoms with Crippen LogP contribution in [-0.4, -0.2) is 20.2 Å². The van der Waals surface area contributed by atoms with Gasteiger partial charge in [0.1, 0.15) is 10.6 Å². The van der Waals surface area contributed by atoms with E-state index >= 15 is 0 Å². The minimum absolute atomic E-state index is 0.408. The molecular weight excluding hydrogens is 342 g/mol. The van der Waals surface area contributed by atoms with Crippen LogP contribution >= 0.6 is 27.3 Å². The first-order valence-electron chi connectivity index (χ1n) is 5.80. The number of hydrogen-bond donors (Lipinski definition) is 1. The van der Waals surface area contributed by atoms with Crippen molar-refractivity contribution in [3.63, 3.8) is 0 Å². The van der Waals surface area contributed by atoms with E-state index in [-0.39, 0.29) is 0 Å². The van der Waals surface area contributed by atoms with Crippen LogP contribution in [0.25, 0.3) is 10.4 Å². The highest BCUT2D eigenvalue weighted by Gasteiger charge is 2.20. The number of nitrogen functional groups attached to an aromatic ring is 1. The lowest BCUT2D eigenvalue weighted by molar-refractivity contribution is 0.0607. The Labute approximate surface area is 129 Å². The zero-order valence-corrected chi connectivity index (χ0v) is 13.7. The number of hydrogen-bond acceptors (Lipinski definition) is 5. The molecule has 6 heteroatoms. The van der Waals surface area contributed by atoms with Crippen LogP contribution in [0.3, 0.4) is 0 Å². The minimum atomic E-state index is -0.408. The van der Waals surface area contributed by atoms with E-state index in [1.165, 1.54) is 18.4 Å². The van der Waals surface area contributed by atoms with Crippen molar-refractivity contribution in [1.82, 2.24) is 0 Å². The Kier molecular flexibility index (Phi) is 4.35. The van der Waals surface area contributed by atoms with Gasteiger partial charge in [-0.3, -0.25) is 0 Å². The number of benzene rings is 1. The number of anilines is 1. The standard InChI is InChI=1S/C14H14BrNO3S/c1-7-11(16)13(14(17)19-3)20-12(7)8-4-5-10(18-2)9(15)6-8/h4-6H,16H2,1-3H3. The fraction of sp³-hybridized carbons (Fsp3) is 0.214. The van der Waals surface area contributed by atoms with E-state index in [1.807, 2.05) is 25.1 Å². The van der Waals surface area contributed by atoms with Crippen LogP contribution in [0, 0.1) is 6.92 Å². The normalized spacial score (nSPS) is 10.4. The molecule has 4 nitrogen and oxygen atoms in total. The van der Waals surface area contributed by atoms with Gasteiger partial charge in [0, 0.05) is 4.88 Å². The highest BCUT2D eigenvalue weighted by Crippen LogP contribution is 2.40. The van der Waals surface area contributed by atoms with Crippen molar-refractivity contribution in [1.29, 1.82) is 0 Å². The van der Waals surface area contributed by atoms with Gasteiger partial charge in [0.2, 0.25) is 0 Å². The first-order chi connectivity index (χ1) is 9.49. The van der Waals surface area contributed by atoms with Gasteiger partial charge < -0.3 is 15.2 Å². The average Bonchev–Trinajstić information content (AvgIpc) is 2.74. The Morgan fingerprint density at radius 3 is 2.60 bits per heavy atom. The molecule has 0 amide bonds. The molecule has 2 N–H and O–H groups in total. The molecule has 2 rings (SSSR count). The summed E-state index contributed by atoms with van der Waals surface area (Å²) < 4.78 is 10.8. The van der Waals surface area contributed by atoms with Crippen molar-refractivity contribution >= 4 is 38.9 Å². The van der Waals surface area contributed by atoms with E-state index in [9.17, 15) is 4.79 Å². The number of thiophene rings is 1. The van der Waals surface area contributed by atoms with Gasteiger partial charge in [-0.25, -0.2) is 4.79 Å². The molecule has 1 aromatic carbocycles. The van der Waals surface area contributed by atoms with E-state index in [1.54, 1.807) is 7.11 Å². The van der Waals surface area contributed by atoms with Crippen molar-refractivity contribution < 1.29 is 14.3 Å². The molecule has 0 aliphatic carbocycles. The summed E-state index contributed by atoms with van der Waals surface area (Å²) in [6.45, 7) is 1.89. The quantitative estimate of drug-likeness (QED) is 0.849.